The Balaban J connectivity index is 1.49. The third-order valence-electron chi connectivity index (χ3n) is 5.55. The number of hydrogen-bond acceptors (Lipinski definition) is 4. The van der Waals surface area contributed by atoms with Crippen LogP contribution in [0.2, 0.25) is 0 Å². The van der Waals surface area contributed by atoms with Crippen molar-refractivity contribution in [3.05, 3.63) is 48.8 Å². The number of hydrogen-bond donors (Lipinski definition) is 2. The molecule has 2 saturated heterocycles. The maximum atomic E-state index is 12.5. The molecule has 1 aromatic heterocycles. The molecular weight excluding hydrogens is 382 g/mol. The number of likely N-dealkylation sites (tertiary alicyclic amines) is 1. The van der Waals surface area contributed by atoms with Crippen molar-refractivity contribution < 1.29 is 4.79 Å². The van der Waals surface area contributed by atoms with E-state index in [9.17, 15) is 4.79 Å². The van der Waals surface area contributed by atoms with E-state index in [4.69, 9.17) is 12.2 Å². The van der Waals surface area contributed by atoms with Crippen LogP contribution >= 0.6 is 12.2 Å². The van der Waals surface area contributed by atoms with Crippen LogP contribution in [-0.2, 0) is 4.79 Å². The average Bonchev–Trinajstić information content (AvgIpc) is 3.04. The normalized spacial score (nSPS) is 19.0. The van der Waals surface area contributed by atoms with Crippen molar-refractivity contribution in [2.45, 2.75) is 44.7 Å². The number of anilines is 1. The molecule has 2 N–H and O–H groups in total. The Morgan fingerprint density at radius 2 is 2.14 bits per heavy atom. The predicted octanol–water partition coefficient (Wildman–Crippen LogP) is 3.30. The zero-order valence-corrected chi connectivity index (χ0v) is 18.0. The summed E-state index contributed by atoms with van der Waals surface area (Å²) < 4.78 is 0. The Morgan fingerprint density at radius 3 is 2.86 bits per heavy atom. The predicted molar refractivity (Wildman–Crippen MR) is 122 cm³/mol. The molecule has 2 aliphatic heterocycles. The number of nitrogens with one attached hydrogen (secondary N) is 2. The molecule has 0 atom stereocenters. The molecule has 1 spiro atoms. The standard InChI is InChI=1S/C22H31N5OS/c1-2-3-4-5-6-7-8-14-27-20(28)18-24-22(27)11-15-26(16-12-22)21(29)25-19-10-9-13-23-17-19/h3-6,9-10,13,17,24H,2,7-8,11-12,14-16,18H2,1H3,(H,25,29)/b4-3-,6-5-. The molecule has 1 amide bonds. The molecule has 0 aromatic carbocycles. The van der Waals surface area contributed by atoms with E-state index in [1.54, 1.807) is 12.4 Å². The van der Waals surface area contributed by atoms with Gasteiger partial charge in [0.05, 0.1) is 24.1 Å². The summed E-state index contributed by atoms with van der Waals surface area (Å²) in [5.74, 6) is 0.212. The van der Waals surface area contributed by atoms with E-state index in [0.717, 1.165) is 57.4 Å². The zero-order valence-electron chi connectivity index (χ0n) is 17.1. The number of amides is 1. The van der Waals surface area contributed by atoms with E-state index in [1.165, 1.54) is 0 Å². The smallest absolute Gasteiger partial charge is 0.238 e. The fourth-order valence-corrected chi connectivity index (χ4v) is 4.23. The molecule has 0 bridgehead atoms. The summed E-state index contributed by atoms with van der Waals surface area (Å²) in [4.78, 5) is 20.8. The van der Waals surface area contributed by atoms with Crippen molar-refractivity contribution in [1.82, 2.24) is 20.1 Å². The SMILES string of the molecule is CC/C=C\C=C/CCCN1C(=O)CNC12CCN(C(=S)Nc1cccnc1)CC2. The lowest BCUT2D eigenvalue weighted by Crippen LogP contribution is -2.59. The van der Waals surface area contributed by atoms with Crippen LogP contribution in [0.3, 0.4) is 0 Å². The average molecular weight is 414 g/mol. The number of carbonyl (C=O) groups is 1. The van der Waals surface area contributed by atoms with Crippen molar-refractivity contribution in [3.8, 4) is 0 Å². The second kappa shape index (κ2) is 10.5. The zero-order chi connectivity index (χ0) is 20.5. The summed E-state index contributed by atoms with van der Waals surface area (Å²) in [6.45, 7) is 5.01. The molecule has 0 aliphatic carbocycles. The van der Waals surface area contributed by atoms with Gasteiger partial charge in [-0.05, 0) is 43.6 Å². The van der Waals surface area contributed by atoms with Crippen LogP contribution in [0.25, 0.3) is 0 Å². The topological polar surface area (TPSA) is 60.5 Å². The number of carbonyl (C=O) groups excluding carboxylic acids is 1. The van der Waals surface area contributed by atoms with Crippen molar-refractivity contribution >= 4 is 28.9 Å². The van der Waals surface area contributed by atoms with Gasteiger partial charge in [-0.3, -0.25) is 15.1 Å². The number of allylic oxidation sites excluding steroid dienone is 4. The maximum absolute atomic E-state index is 12.5. The molecule has 3 heterocycles. The minimum atomic E-state index is -0.219. The largest absolute Gasteiger partial charge is 0.349 e. The summed E-state index contributed by atoms with van der Waals surface area (Å²) in [6.07, 6.45) is 16.8. The molecule has 0 saturated carbocycles. The number of piperidine rings is 1. The highest BCUT2D eigenvalue weighted by atomic mass is 32.1. The first-order chi connectivity index (χ1) is 14.1. The summed E-state index contributed by atoms with van der Waals surface area (Å²) in [6, 6.07) is 3.84. The molecule has 2 aliphatic rings. The van der Waals surface area contributed by atoms with Crippen LogP contribution in [0, 0.1) is 0 Å². The molecular formula is C22H31N5OS. The van der Waals surface area contributed by atoms with Crippen LogP contribution < -0.4 is 10.6 Å². The van der Waals surface area contributed by atoms with E-state index >= 15 is 0 Å². The molecule has 156 valence electrons. The van der Waals surface area contributed by atoms with Gasteiger partial charge in [-0.1, -0.05) is 31.2 Å². The van der Waals surface area contributed by atoms with Gasteiger partial charge in [-0.25, -0.2) is 0 Å². The van der Waals surface area contributed by atoms with E-state index < -0.39 is 0 Å². The van der Waals surface area contributed by atoms with Gasteiger partial charge in [0.25, 0.3) is 0 Å². The Kier molecular flexibility index (Phi) is 7.77. The molecule has 0 unspecified atom stereocenters. The van der Waals surface area contributed by atoms with Crippen LogP contribution in [0.5, 0.6) is 0 Å². The molecule has 0 radical (unpaired) electrons. The lowest BCUT2D eigenvalue weighted by atomic mass is 9.96. The lowest BCUT2D eigenvalue weighted by Gasteiger charge is -2.45. The summed E-state index contributed by atoms with van der Waals surface area (Å²) in [7, 11) is 0. The highest BCUT2D eigenvalue weighted by Gasteiger charge is 2.46. The number of unbranched alkanes of at least 4 members (excludes halogenated alkanes) is 1. The first kappa shape index (κ1) is 21.5. The Morgan fingerprint density at radius 1 is 1.34 bits per heavy atom. The molecule has 1 aromatic rings. The first-order valence-electron chi connectivity index (χ1n) is 10.5. The van der Waals surface area contributed by atoms with Gasteiger partial charge in [0.2, 0.25) is 5.91 Å². The Hall–Kier alpha value is -2.25. The fraction of sp³-hybridized carbons (Fsp3) is 0.500. The molecule has 3 rings (SSSR count). The fourth-order valence-electron chi connectivity index (χ4n) is 3.93. The van der Waals surface area contributed by atoms with Crippen molar-refractivity contribution in [2.75, 3.05) is 31.5 Å². The van der Waals surface area contributed by atoms with Gasteiger partial charge in [0, 0.05) is 38.7 Å². The number of rotatable bonds is 7. The minimum Gasteiger partial charge on any atom is -0.349 e. The van der Waals surface area contributed by atoms with Gasteiger partial charge in [0.1, 0.15) is 0 Å². The Labute approximate surface area is 179 Å². The summed E-state index contributed by atoms with van der Waals surface area (Å²) in [5.41, 5.74) is 0.680. The van der Waals surface area contributed by atoms with Crippen LogP contribution in [0.1, 0.15) is 39.0 Å². The maximum Gasteiger partial charge on any atom is 0.238 e. The summed E-state index contributed by atoms with van der Waals surface area (Å²) in [5, 5.41) is 7.47. The van der Waals surface area contributed by atoms with E-state index in [0.29, 0.717) is 11.7 Å². The number of pyridine rings is 1. The second-order valence-corrected chi connectivity index (χ2v) is 7.88. The van der Waals surface area contributed by atoms with Crippen molar-refractivity contribution in [2.24, 2.45) is 0 Å². The van der Waals surface area contributed by atoms with E-state index in [2.05, 4.69) is 56.6 Å². The number of thiocarbonyl (C=S) groups is 1. The van der Waals surface area contributed by atoms with Crippen LogP contribution in [0.15, 0.2) is 48.8 Å². The van der Waals surface area contributed by atoms with E-state index in [1.807, 2.05) is 12.1 Å². The van der Waals surface area contributed by atoms with Gasteiger partial charge in [-0.2, -0.15) is 0 Å². The second-order valence-electron chi connectivity index (χ2n) is 7.50. The van der Waals surface area contributed by atoms with Crippen molar-refractivity contribution in [1.29, 1.82) is 0 Å². The highest BCUT2D eigenvalue weighted by molar-refractivity contribution is 7.80. The lowest BCUT2D eigenvalue weighted by molar-refractivity contribution is -0.131. The summed E-state index contributed by atoms with van der Waals surface area (Å²) >= 11 is 5.57. The third-order valence-corrected chi connectivity index (χ3v) is 5.91. The van der Waals surface area contributed by atoms with Gasteiger partial charge in [0.15, 0.2) is 5.11 Å². The quantitative estimate of drug-likeness (QED) is 0.406. The minimum absolute atomic E-state index is 0.212. The van der Waals surface area contributed by atoms with Gasteiger partial charge < -0.3 is 15.1 Å². The first-order valence-corrected chi connectivity index (χ1v) is 10.9. The molecule has 7 heteroatoms. The van der Waals surface area contributed by atoms with Crippen LogP contribution in [0.4, 0.5) is 5.69 Å². The van der Waals surface area contributed by atoms with Gasteiger partial charge in [-0.15, -0.1) is 0 Å². The highest BCUT2D eigenvalue weighted by Crippen LogP contribution is 2.30. The molecule has 29 heavy (non-hydrogen) atoms. The number of aromatic nitrogens is 1. The monoisotopic (exact) mass is 413 g/mol. The third kappa shape index (κ3) is 5.64. The molecule has 6 nitrogen and oxygen atoms in total. The van der Waals surface area contributed by atoms with Crippen LogP contribution in [-0.4, -0.2) is 57.6 Å². The number of nitrogens with zero attached hydrogens (tertiary/aromatic N) is 3. The molecule has 2 fully saturated rings. The van der Waals surface area contributed by atoms with E-state index in [-0.39, 0.29) is 11.6 Å². The van der Waals surface area contributed by atoms with Crippen molar-refractivity contribution in [3.63, 3.8) is 0 Å². The van der Waals surface area contributed by atoms with Gasteiger partial charge >= 0.3 is 0 Å². The Bertz CT molecular complexity index is 741.